The summed E-state index contributed by atoms with van der Waals surface area (Å²) < 4.78 is 39.2. The normalized spacial score (nSPS) is 14.8. The molecule has 0 N–H and O–H groups in total. The molecule has 31 heavy (non-hydrogen) atoms. The molecule has 2 atom stereocenters. The van der Waals surface area contributed by atoms with Crippen LogP contribution in [0.4, 0.5) is 0 Å². The number of halogens is 8. The van der Waals surface area contributed by atoms with Gasteiger partial charge < -0.3 is 9.47 Å². The fourth-order valence-electron chi connectivity index (χ4n) is 1.86. The van der Waals surface area contributed by atoms with E-state index in [0.29, 0.717) is 48.0 Å². The first-order valence-corrected chi connectivity index (χ1v) is 17.0. The van der Waals surface area contributed by atoms with Crippen LogP contribution >= 0.6 is 127 Å². The van der Waals surface area contributed by atoms with Gasteiger partial charge in [-0.05, 0) is 81.9 Å². The Labute approximate surface area is 250 Å². The van der Waals surface area contributed by atoms with Crippen LogP contribution in [0.15, 0.2) is 58.8 Å². The highest BCUT2D eigenvalue weighted by Gasteiger charge is 2.18. The molecule has 13 heteroatoms. The second kappa shape index (κ2) is 15.1. The maximum atomic E-state index is 12.9. The summed E-state index contributed by atoms with van der Waals surface area (Å²) in [6, 6.07) is 3.00. The highest BCUT2D eigenvalue weighted by atomic mass is 79.9. The first-order chi connectivity index (χ1) is 14.4. The lowest BCUT2D eigenvalue weighted by molar-refractivity contribution is 0.230. The van der Waals surface area contributed by atoms with E-state index in [-0.39, 0.29) is 14.5 Å². The average Bonchev–Trinajstić information content (AvgIpc) is 2.70. The zero-order valence-electron chi connectivity index (χ0n) is 15.6. The largest absolute Gasteiger partial charge is 0.490 e. The van der Waals surface area contributed by atoms with E-state index in [1.807, 2.05) is 0 Å². The highest BCUT2D eigenvalue weighted by Crippen LogP contribution is 2.37. The lowest BCUT2D eigenvalue weighted by Gasteiger charge is -2.14. The van der Waals surface area contributed by atoms with Gasteiger partial charge in [-0.1, -0.05) is 70.3 Å². The number of alkyl halides is 4. The fourth-order valence-corrected chi connectivity index (χ4v) is 6.50. The molecule has 2 unspecified atom stereocenters. The minimum atomic E-state index is -3.74. The molecule has 0 bridgehead atoms. The Hall–Kier alpha value is 1.83. The van der Waals surface area contributed by atoms with Crippen molar-refractivity contribution in [3.8, 4) is 5.75 Å². The number of hydrogen-bond donors (Lipinski definition) is 0. The van der Waals surface area contributed by atoms with Gasteiger partial charge in [0.2, 0.25) is 0 Å². The van der Waals surface area contributed by atoms with E-state index in [1.165, 1.54) is 18.2 Å². The molecule has 0 radical (unpaired) electrons. The Balaban J connectivity index is 3.14. The Morgan fingerprint density at radius 3 is 2.03 bits per heavy atom. The van der Waals surface area contributed by atoms with E-state index >= 15 is 0 Å². The van der Waals surface area contributed by atoms with Crippen LogP contribution < -0.4 is 4.74 Å². The van der Waals surface area contributed by atoms with Crippen molar-refractivity contribution in [1.82, 2.24) is 0 Å². The van der Waals surface area contributed by atoms with Crippen LogP contribution in [0.3, 0.4) is 0 Å². The Morgan fingerprint density at radius 2 is 1.55 bits per heavy atom. The third-order valence-corrected chi connectivity index (χ3v) is 11.3. The lowest BCUT2D eigenvalue weighted by Crippen LogP contribution is -2.13. The summed E-state index contributed by atoms with van der Waals surface area (Å²) in [5.41, 5.74) is 0. The summed E-state index contributed by atoms with van der Waals surface area (Å²) in [4.78, 5) is 0.315. The zero-order chi connectivity index (χ0) is 23.8. The second-order valence-electron chi connectivity index (χ2n) is 5.77. The van der Waals surface area contributed by atoms with Gasteiger partial charge in [-0.15, -0.1) is 0 Å². The van der Waals surface area contributed by atoms with Crippen molar-refractivity contribution in [1.29, 1.82) is 0 Å². The fraction of sp³-hybridized carbons (Fsp3) is 0.333. The van der Waals surface area contributed by atoms with E-state index in [4.69, 9.17) is 9.47 Å². The van der Waals surface area contributed by atoms with E-state index in [9.17, 15) is 8.42 Å². The standard InChI is InChI=1S/C18H16Br8O4S/c1-10(21)17(29-8-11(22)6-19)14(24)2-3-31(27,28)13-4-15(25)18(16(26)5-13)30-9-12(23)7-20/h2-5,11-12H,1,6-9H2/b3-2+,17-14-. The molecule has 0 fully saturated rings. The first kappa shape index (κ1) is 30.9. The predicted molar refractivity (Wildman–Crippen MR) is 157 cm³/mol. The lowest BCUT2D eigenvalue weighted by atomic mass is 10.3. The smallest absolute Gasteiger partial charge is 0.199 e. The van der Waals surface area contributed by atoms with Gasteiger partial charge in [-0.25, -0.2) is 8.42 Å². The maximum Gasteiger partial charge on any atom is 0.199 e. The van der Waals surface area contributed by atoms with Gasteiger partial charge in [-0.2, -0.15) is 0 Å². The van der Waals surface area contributed by atoms with Gasteiger partial charge in [0.15, 0.2) is 9.84 Å². The van der Waals surface area contributed by atoms with E-state index in [1.54, 1.807) is 0 Å². The van der Waals surface area contributed by atoms with Crippen LogP contribution in [0, 0.1) is 0 Å². The minimum Gasteiger partial charge on any atom is -0.490 e. The topological polar surface area (TPSA) is 52.6 Å². The number of allylic oxidation sites excluding steroid dienone is 3. The molecule has 0 aromatic heterocycles. The van der Waals surface area contributed by atoms with Gasteiger partial charge in [0, 0.05) is 16.1 Å². The molecule has 0 heterocycles. The molecule has 1 rings (SSSR count). The molecule has 0 aliphatic carbocycles. The highest BCUT2D eigenvalue weighted by molar-refractivity contribution is 9.13. The molecule has 0 saturated heterocycles. The number of sulfone groups is 1. The summed E-state index contributed by atoms with van der Waals surface area (Å²) in [5.74, 6) is 0.927. The number of benzene rings is 1. The van der Waals surface area contributed by atoms with Gasteiger partial charge in [0.25, 0.3) is 0 Å². The van der Waals surface area contributed by atoms with Crippen molar-refractivity contribution in [3.63, 3.8) is 0 Å². The van der Waals surface area contributed by atoms with Crippen molar-refractivity contribution >= 4 is 137 Å². The number of ether oxygens (including phenoxy) is 2. The summed E-state index contributed by atoms with van der Waals surface area (Å²) in [7, 11) is -3.74. The van der Waals surface area contributed by atoms with E-state index in [2.05, 4.69) is 134 Å². The number of rotatable bonds is 12. The van der Waals surface area contributed by atoms with E-state index < -0.39 is 9.84 Å². The van der Waals surface area contributed by atoms with Crippen molar-refractivity contribution in [2.75, 3.05) is 23.9 Å². The van der Waals surface area contributed by atoms with Crippen LogP contribution in [0.2, 0.25) is 0 Å². The summed E-state index contributed by atoms with van der Waals surface area (Å²) in [6.07, 6.45) is 1.41. The van der Waals surface area contributed by atoms with Crippen molar-refractivity contribution in [2.24, 2.45) is 0 Å². The number of hydrogen-bond acceptors (Lipinski definition) is 4. The van der Waals surface area contributed by atoms with Crippen LogP contribution in [0.1, 0.15) is 0 Å². The third kappa shape index (κ3) is 10.5. The molecule has 0 saturated carbocycles. The van der Waals surface area contributed by atoms with Crippen LogP contribution in [0.5, 0.6) is 5.75 Å². The summed E-state index contributed by atoms with van der Waals surface area (Å²) >= 11 is 27.1. The monoisotopic (exact) mass is 959 g/mol. The second-order valence-corrected chi connectivity index (χ2v) is 15.0. The zero-order valence-corrected chi connectivity index (χ0v) is 29.1. The molecular weight excluding hydrogens is 951 g/mol. The van der Waals surface area contributed by atoms with Crippen LogP contribution in [0.25, 0.3) is 0 Å². The van der Waals surface area contributed by atoms with Gasteiger partial charge in [0.1, 0.15) is 24.7 Å². The molecule has 0 aliphatic rings. The molecule has 0 aliphatic heterocycles. The van der Waals surface area contributed by atoms with Crippen LogP contribution in [-0.2, 0) is 14.6 Å². The predicted octanol–water partition coefficient (Wildman–Crippen LogP) is 8.73. The molecule has 4 nitrogen and oxygen atoms in total. The quantitative estimate of drug-likeness (QED) is 0.120. The van der Waals surface area contributed by atoms with Crippen molar-refractivity contribution in [2.45, 2.75) is 14.5 Å². The SMILES string of the molecule is C=C(Br)/C(OCC(Br)CBr)=C(Br)\C=C\S(=O)(=O)c1cc(Br)c(OCC(Br)CBr)c(Br)c1. The van der Waals surface area contributed by atoms with Gasteiger partial charge in [-0.3, -0.25) is 0 Å². The van der Waals surface area contributed by atoms with Gasteiger partial charge >= 0.3 is 0 Å². The summed E-state index contributed by atoms with van der Waals surface area (Å²) in [6.45, 7) is 4.59. The molecule has 0 spiro atoms. The average molecular weight is 968 g/mol. The Kier molecular flexibility index (Phi) is 15.0. The first-order valence-electron chi connectivity index (χ1n) is 8.25. The molecule has 174 valence electrons. The Morgan fingerprint density at radius 1 is 1.03 bits per heavy atom. The minimum absolute atomic E-state index is 0.0899. The van der Waals surface area contributed by atoms with Crippen molar-refractivity contribution < 1.29 is 17.9 Å². The molecular formula is C18H16Br8O4S. The third-order valence-electron chi connectivity index (χ3n) is 3.31. The summed E-state index contributed by atoms with van der Waals surface area (Å²) in [5, 5.41) is 2.52. The van der Waals surface area contributed by atoms with Crippen molar-refractivity contribution in [3.05, 3.63) is 53.9 Å². The Bertz CT molecular complexity index is 923. The molecule has 0 amide bonds. The maximum absolute atomic E-state index is 12.9. The molecule has 1 aromatic carbocycles. The van der Waals surface area contributed by atoms with Crippen LogP contribution in [-0.4, -0.2) is 41.9 Å². The molecule has 1 aromatic rings. The van der Waals surface area contributed by atoms with Gasteiger partial charge in [0.05, 0.1) is 32.5 Å². The van der Waals surface area contributed by atoms with E-state index in [0.717, 1.165) is 10.7 Å².